The third kappa shape index (κ3) is 3.03. The second kappa shape index (κ2) is 6.43. The van der Waals surface area contributed by atoms with Crippen molar-refractivity contribution in [1.29, 1.82) is 0 Å². The van der Waals surface area contributed by atoms with Crippen LogP contribution in [0.3, 0.4) is 0 Å². The van der Waals surface area contributed by atoms with Crippen LogP contribution in [0.25, 0.3) is 11.1 Å². The quantitative estimate of drug-likeness (QED) is 0.732. The molecule has 0 aliphatic carbocycles. The Morgan fingerprint density at radius 2 is 1.72 bits per heavy atom. The molecule has 0 N–H and O–H groups in total. The van der Waals surface area contributed by atoms with E-state index in [1.54, 1.807) is 0 Å². The lowest BCUT2D eigenvalue weighted by molar-refractivity contribution is 0.549. The largest absolute Gasteiger partial charge is 0.423 e. The van der Waals surface area contributed by atoms with Crippen LogP contribution in [-0.4, -0.2) is 18.1 Å². The van der Waals surface area contributed by atoms with Crippen LogP contribution in [0.5, 0.6) is 0 Å². The summed E-state index contributed by atoms with van der Waals surface area (Å²) in [6.45, 7) is 6.49. The number of anilines is 1. The van der Waals surface area contributed by atoms with Gasteiger partial charge in [-0.05, 0) is 25.0 Å². The summed E-state index contributed by atoms with van der Waals surface area (Å²) in [5, 5.41) is 0. The van der Waals surface area contributed by atoms with Gasteiger partial charge in [0.15, 0.2) is 5.58 Å². The van der Waals surface area contributed by atoms with E-state index in [0.29, 0.717) is 0 Å². The van der Waals surface area contributed by atoms with Crippen molar-refractivity contribution in [3.05, 3.63) is 24.3 Å². The third-order valence-electron chi connectivity index (χ3n) is 3.12. The van der Waals surface area contributed by atoms with Crippen molar-refractivity contribution < 1.29 is 4.42 Å². The van der Waals surface area contributed by atoms with Gasteiger partial charge in [-0.2, -0.15) is 4.98 Å². The van der Waals surface area contributed by atoms with Gasteiger partial charge >= 0.3 is 0 Å². The molecule has 0 fully saturated rings. The summed E-state index contributed by atoms with van der Waals surface area (Å²) >= 11 is 0. The summed E-state index contributed by atoms with van der Waals surface area (Å²) in [5.41, 5.74) is 1.83. The van der Waals surface area contributed by atoms with Gasteiger partial charge in [-0.25, -0.2) is 0 Å². The predicted octanol–water partition coefficient (Wildman–Crippen LogP) is 4.23. The first kappa shape index (κ1) is 12.9. The van der Waals surface area contributed by atoms with E-state index in [1.807, 2.05) is 24.3 Å². The molecule has 2 aromatic rings. The molecule has 18 heavy (non-hydrogen) atoms. The molecular formula is C15H22N2O. The lowest BCUT2D eigenvalue weighted by Crippen LogP contribution is -2.25. The second-order valence-electron chi connectivity index (χ2n) is 4.66. The highest BCUT2D eigenvalue weighted by molar-refractivity contribution is 5.74. The van der Waals surface area contributed by atoms with E-state index in [4.69, 9.17) is 4.42 Å². The summed E-state index contributed by atoms with van der Waals surface area (Å²) in [4.78, 5) is 6.85. The molecule has 0 spiro atoms. The minimum absolute atomic E-state index is 0.776. The average molecular weight is 246 g/mol. The first-order valence-electron chi connectivity index (χ1n) is 6.95. The van der Waals surface area contributed by atoms with Crippen LogP contribution in [0.1, 0.15) is 39.5 Å². The van der Waals surface area contributed by atoms with Gasteiger partial charge in [0, 0.05) is 13.1 Å². The SMILES string of the molecule is CCCCN(CCCC)c1nc2ccccc2o1. The highest BCUT2D eigenvalue weighted by Gasteiger charge is 2.12. The smallest absolute Gasteiger partial charge is 0.298 e. The molecule has 1 heterocycles. The molecule has 98 valence electrons. The Balaban J connectivity index is 2.17. The molecule has 0 saturated heterocycles. The van der Waals surface area contributed by atoms with Crippen LogP contribution in [0, 0.1) is 0 Å². The number of para-hydroxylation sites is 2. The van der Waals surface area contributed by atoms with Gasteiger partial charge in [0.05, 0.1) is 0 Å². The summed E-state index contributed by atoms with van der Waals surface area (Å²) in [5.74, 6) is 0. The van der Waals surface area contributed by atoms with Crippen molar-refractivity contribution in [2.45, 2.75) is 39.5 Å². The van der Waals surface area contributed by atoms with Crippen LogP contribution in [0.2, 0.25) is 0 Å². The van der Waals surface area contributed by atoms with Crippen LogP contribution in [0.4, 0.5) is 6.01 Å². The molecule has 0 aliphatic rings. The fourth-order valence-electron chi connectivity index (χ4n) is 2.00. The molecule has 0 unspecified atom stereocenters. The van der Waals surface area contributed by atoms with Crippen molar-refractivity contribution >= 4 is 17.1 Å². The standard InChI is InChI=1S/C15H22N2O/c1-3-5-11-17(12-6-4-2)15-16-13-9-7-8-10-14(13)18-15/h7-10H,3-6,11-12H2,1-2H3. The molecule has 2 rings (SSSR count). The second-order valence-corrected chi connectivity index (χ2v) is 4.66. The molecular weight excluding hydrogens is 224 g/mol. The summed E-state index contributed by atoms with van der Waals surface area (Å²) in [6.07, 6.45) is 4.76. The zero-order chi connectivity index (χ0) is 12.8. The van der Waals surface area contributed by atoms with Crippen molar-refractivity contribution in [3.8, 4) is 0 Å². The zero-order valence-electron chi connectivity index (χ0n) is 11.4. The number of nitrogens with zero attached hydrogens (tertiary/aromatic N) is 2. The number of fused-ring (bicyclic) bond motifs is 1. The minimum Gasteiger partial charge on any atom is -0.423 e. The van der Waals surface area contributed by atoms with Crippen LogP contribution >= 0.6 is 0 Å². The minimum atomic E-state index is 0.776. The van der Waals surface area contributed by atoms with E-state index in [1.165, 1.54) is 25.7 Å². The Labute approximate surface area is 109 Å². The van der Waals surface area contributed by atoms with E-state index in [-0.39, 0.29) is 0 Å². The number of rotatable bonds is 7. The fourth-order valence-corrected chi connectivity index (χ4v) is 2.00. The maximum Gasteiger partial charge on any atom is 0.298 e. The molecule has 1 aromatic heterocycles. The molecule has 0 radical (unpaired) electrons. The van der Waals surface area contributed by atoms with Crippen molar-refractivity contribution in [2.24, 2.45) is 0 Å². The Kier molecular flexibility index (Phi) is 4.62. The topological polar surface area (TPSA) is 29.3 Å². The number of benzene rings is 1. The predicted molar refractivity (Wildman–Crippen MR) is 76.0 cm³/mol. The van der Waals surface area contributed by atoms with Crippen LogP contribution < -0.4 is 4.90 Å². The van der Waals surface area contributed by atoms with Gasteiger partial charge in [-0.15, -0.1) is 0 Å². The Hall–Kier alpha value is -1.51. The average Bonchev–Trinajstić information content (AvgIpc) is 2.82. The molecule has 0 atom stereocenters. The van der Waals surface area contributed by atoms with E-state index in [0.717, 1.165) is 30.2 Å². The molecule has 0 bridgehead atoms. The number of hydrogen-bond acceptors (Lipinski definition) is 3. The van der Waals surface area contributed by atoms with Crippen molar-refractivity contribution in [2.75, 3.05) is 18.0 Å². The summed E-state index contributed by atoms with van der Waals surface area (Å²) in [6, 6.07) is 8.73. The highest BCUT2D eigenvalue weighted by Crippen LogP contribution is 2.22. The Bertz CT molecular complexity index is 437. The monoisotopic (exact) mass is 246 g/mol. The number of hydrogen-bond donors (Lipinski definition) is 0. The van der Waals surface area contributed by atoms with Crippen molar-refractivity contribution in [1.82, 2.24) is 4.98 Å². The van der Waals surface area contributed by atoms with Gasteiger partial charge in [-0.1, -0.05) is 38.8 Å². The lowest BCUT2D eigenvalue weighted by atomic mass is 10.3. The van der Waals surface area contributed by atoms with Gasteiger partial charge in [0.2, 0.25) is 0 Å². The van der Waals surface area contributed by atoms with Crippen LogP contribution in [-0.2, 0) is 0 Å². The normalized spacial score (nSPS) is 11.0. The number of oxazole rings is 1. The highest BCUT2D eigenvalue weighted by atomic mass is 16.4. The van der Waals surface area contributed by atoms with E-state index in [2.05, 4.69) is 23.7 Å². The molecule has 1 aromatic carbocycles. The van der Waals surface area contributed by atoms with Gasteiger partial charge in [0.25, 0.3) is 6.01 Å². The maximum absolute atomic E-state index is 5.84. The molecule has 3 nitrogen and oxygen atoms in total. The summed E-state index contributed by atoms with van der Waals surface area (Å²) < 4.78 is 5.84. The number of unbranched alkanes of at least 4 members (excludes halogenated alkanes) is 2. The van der Waals surface area contributed by atoms with Gasteiger partial charge in [-0.3, -0.25) is 0 Å². The lowest BCUT2D eigenvalue weighted by Gasteiger charge is -2.19. The first-order valence-corrected chi connectivity index (χ1v) is 6.95. The molecule has 0 saturated carbocycles. The first-order chi connectivity index (χ1) is 8.85. The zero-order valence-corrected chi connectivity index (χ0v) is 11.4. The van der Waals surface area contributed by atoms with Gasteiger partial charge < -0.3 is 9.32 Å². The van der Waals surface area contributed by atoms with Gasteiger partial charge in [0.1, 0.15) is 5.52 Å². The third-order valence-corrected chi connectivity index (χ3v) is 3.12. The molecule has 0 amide bonds. The Morgan fingerprint density at radius 1 is 1.06 bits per heavy atom. The molecule has 0 aliphatic heterocycles. The maximum atomic E-state index is 5.84. The Morgan fingerprint density at radius 3 is 2.33 bits per heavy atom. The van der Waals surface area contributed by atoms with E-state index >= 15 is 0 Å². The molecule has 3 heteroatoms. The number of aromatic nitrogens is 1. The van der Waals surface area contributed by atoms with Crippen LogP contribution in [0.15, 0.2) is 28.7 Å². The van der Waals surface area contributed by atoms with Crippen molar-refractivity contribution in [3.63, 3.8) is 0 Å². The van der Waals surface area contributed by atoms with E-state index in [9.17, 15) is 0 Å². The fraction of sp³-hybridized carbons (Fsp3) is 0.533. The van der Waals surface area contributed by atoms with E-state index < -0.39 is 0 Å². The summed E-state index contributed by atoms with van der Waals surface area (Å²) in [7, 11) is 0.